The predicted octanol–water partition coefficient (Wildman–Crippen LogP) is -0.299. The number of hydrogen-bond donors (Lipinski definition) is 3. The number of carbonyl (C=O) groups is 2. The van der Waals surface area contributed by atoms with Crippen LogP contribution in [0.15, 0.2) is 0 Å². The van der Waals surface area contributed by atoms with Gasteiger partial charge in [0.25, 0.3) is 0 Å². The molecule has 0 aliphatic heterocycles. The lowest BCUT2D eigenvalue weighted by atomic mass is 10.2. The summed E-state index contributed by atoms with van der Waals surface area (Å²) in [7, 11) is 0. The fourth-order valence-corrected chi connectivity index (χ4v) is 0.917. The van der Waals surface area contributed by atoms with Crippen LogP contribution in [0.2, 0.25) is 0 Å². The van der Waals surface area contributed by atoms with Gasteiger partial charge in [-0.1, -0.05) is 0 Å². The molecule has 0 heterocycles. The Balaban J connectivity index is 3.87. The Morgan fingerprint density at radius 1 is 1.47 bits per heavy atom. The van der Waals surface area contributed by atoms with Gasteiger partial charge < -0.3 is 15.8 Å². The van der Waals surface area contributed by atoms with Crippen molar-refractivity contribution in [1.82, 2.24) is 5.32 Å². The standard InChI is InChI=1S/C9H18N2O3S/c1-9(2,3)14-7(12)4-11-8(13)6(10)5-15/h6,15H,4-5,10H2,1-3H3,(H,11,13)/t6-/m1/s1. The number of esters is 1. The van der Waals surface area contributed by atoms with Gasteiger partial charge in [0, 0.05) is 5.75 Å². The molecule has 0 aromatic rings. The van der Waals surface area contributed by atoms with E-state index < -0.39 is 23.5 Å². The van der Waals surface area contributed by atoms with Gasteiger partial charge in [-0.3, -0.25) is 9.59 Å². The highest BCUT2D eigenvalue weighted by atomic mass is 32.1. The molecule has 3 N–H and O–H groups in total. The van der Waals surface area contributed by atoms with Gasteiger partial charge in [-0.2, -0.15) is 12.6 Å². The normalized spacial score (nSPS) is 13.1. The van der Waals surface area contributed by atoms with Crippen LogP contribution in [0, 0.1) is 0 Å². The highest BCUT2D eigenvalue weighted by Crippen LogP contribution is 2.06. The zero-order chi connectivity index (χ0) is 12.1. The van der Waals surface area contributed by atoms with E-state index >= 15 is 0 Å². The predicted molar refractivity (Wildman–Crippen MR) is 60.7 cm³/mol. The van der Waals surface area contributed by atoms with E-state index in [1.165, 1.54) is 0 Å². The molecular formula is C9H18N2O3S. The van der Waals surface area contributed by atoms with Crippen molar-refractivity contribution >= 4 is 24.5 Å². The fraction of sp³-hybridized carbons (Fsp3) is 0.778. The molecule has 0 bridgehead atoms. The average molecular weight is 234 g/mol. The highest BCUT2D eigenvalue weighted by Gasteiger charge is 2.18. The molecular weight excluding hydrogens is 216 g/mol. The first-order chi connectivity index (χ1) is 6.76. The van der Waals surface area contributed by atoms with E-state index in [-0.39, 0.29) is 12.3 Å². The van der Waals surface area contributed by atoms with Gasteiger partial charge in [0.15, 0.2) is 0 Å². The Hall–Kier alpha value is -0.750. The minimum absolute atomic E-state index is 0.169. The van der Waals surface area contributed by atoms with Crippen molar-refractivity contribution < 1.29 is 14.3 Å². The van der Waals surface area contributed by atoms with E-state index in [2.05, 4.69) is 17.9 Å². The Morgan fingerprint density at radius 2 is 2.00 bits per heavy atom. The average Bonchev–Trinajstić information content (AvgIpc) is 2.10. The first-order valence-corrected chi connectivity index (χ1v) is 5.25. The number of rotatable bonds is 4. The van der Waals surface area contributed by atoms with E-state index in [1.807, 2.05) is 0 Å². The molecule has 1 atom stereocenters. The van der Waals surface area contributed by atoms with E-state index in [9.17, 15) is 9.59 Å². The number of nitrogens with two attached hydrogens (primary N) is 1. The van der Waals surface area contributed by atoms with Gasteiger partial charge >= 0.3 is 5.97 Å². The zero-order valence-electron chi connectivity index (χ0n) is 9.24. The molecule has 0 aliphatic rings. The van der Waals surface area contributed by atoms with Crippen molar-refractivity contribution in [3.8, 4) is 0 Å². The molecule has 6 heteroatoms. The van der Waals surface area contributed by atoms with Gasteiger partial charge in [-0.15, -0.1) is 0 Å². The van der Waals surface area contributed by atoms with Crippen molar-refractivity contribution in [2.75, 3.05) is 12.3 Å². The minimum atomic E-state index is -0.698. The SMILES string of the molecule is CC(C)(C)OC(=O)CNC(=O)[C@H](N)CS. The fourth-order valence-electron chi connectivity index (χ4n) is 0.751. The van der Waals surface area contributed by atoms with E-state index in [0.717, 1.165) is 0 Å². The molecule has 0 radical (unpaired) electrons. The Bertz CT molecular complexity index is 238. The molecule has 0 aromatic heterocycles. The lowest BCUT2D eigenvalue weighted by molar-refractivity contribution is -0.154. The molecule has 88 valence electrons. The van der Waals surface area contributed by atoms with Crippen LogP contribution < -0.4 is 11.1 Å². The topological polar surface area (TPSA) is 81.4 Å². The second-order valence-electron chi connectivity index (χ2n) is 4.09. The van der Waals surface area contributed by atoms with Crippen LogP contribution in [0.5, 0.6) is 0 Å². The number of hydrogen-bond acceptors (Lipinski definition) is 5. The number of ether oxygens (including phenoxy) is 1. The van der Waals surface area contributed by atoms with Crippen LogP contribution in [-0.2, 0) is 14.3 Å². The summed E-state index contributed by atoms with van der Waals surface area (Å²) in [6.07, 6.45) is 0. The second kappa shape index (κ2) is 5.97. The lowest BCUT2D eigenvalue weighted by Crippen LogP contribution is -2.44. The summed E-state index contributed by atoms with van der Waals surface area (Å²) >= 11 is 3.87. The van der Waals surface area contributed by atoms with Gasteiger partial charge in [0.05, 0.1) is 6.04 Å². The molecule has 0 aromatic carbocycles. The largest absolute Gasteiger partial charge is 0.459 e. The molecule has 0 aliphatic carbocycles. The number of carbonyl (C=O) groups excluding carboxylic acids is 2. The van der Waals surface area contributed by atoms with Gasteiger partial charge in [-0.25, -0.2) is 0 Å². The van der Waals surface area contributed by atoms with Gasteiger partial charge in [0.2, 0.25) is 5.91 Å². The summed E-state index contributed by atoms with van der Waals surface area (Å²) in [5, 5.41) is 2.37. The molecule has 0 rings (SSSR count). The maximum atomic E-state index is 11.2. The van der Waals surface area contributed by atoms with E-state index in [0.29, 0.717) is 0 Å². The van der Waals surface area contributed by atoms with Gasteiger partial charge in [-0.05, 0) is 20.8 Å². The Kier molecular flexibility index (Phi) is 5.67. The third-order valence-corrected chi connectivity index (χ3v) is 1.75. The smallest absolute Gasteiger partial charge is 0.325 e. The quantitative estimate of drug-likeness (QED) is 0.461. The summed E-state index contributed by atoms with van der Waals surface area (Å²) in [5.41, 5.74) is 4.84. The summed E-state index contributed by atoms with van der Waals surface area (Å²) in [5.74, 6) is -0.654. The Morgan fingerprint density at radius 3 is 2.40 bits per heavy atom. The van der Waals surface area contributed by atoms with Crippen LogP contribution in [0.4, 0.5) is 0 Å². The first kappa shape index (κ1) is 14.2. The van der Waals surface area contributed by atoms with E-state index in [4.69, 9.17) is 10.5 Å². The molecule has 0 spiro atoms. The summed E-state index contributed by atoms with van der Waals surface area (Å²) < 4.78 is 4.99. The van der Waals surface area contributed by atoms with Crippen molar-refractivity contribution in [3.05, 3.63) is 0 Å². The van der Waals surface area contributed by atoms with E-state index in [1.54, 1.807) is 20.8 Å². The molecule has 0 unspecified atom stereocenters. The van der Waals surface area contributed by atoms with Gasteiger partial charge in [0.1, 0.15) is 12.1 Å². The van der Waals surface area contributed by atoms with Crippen molar-refractivity contribution in [3.63, 3.8) is 0 Å². The number of thiol groups is 1. The molecule has 0 saturated carbocycles. The molecule has 0 saturated heterocycles. The summed E-state index contributed by atoms with van der Waals surface area (Å²) in [6.45, 7) is 5.10. The first-order valence-electron chi connectivity index (χ1n) is 4.62. The summed E-state index contributed by atoms with van der Waals surface area (Å²) in [4.78, 5) is 22.3. The third-order valence-electron chi connectivity index (χ3n) is 1.36. The second-order valence-corrected chi connectivity index (χ2v) is 4.46. The number of nitrogens with one attached hydrogen (secondary N) is 1. The maximum absolute atomic E-state index is 11.2. The maximum Gasteiger partial charge on any atom is 0.325 e. The van der Waals surface area contributed by atoms with Crippen LogP contribution >= 0.6 is 12.6 Å². The highest BCUT2D eigenvalue weighted by molar-refractivity contribution is 7.80. The minimum Gasteiger partial charge on any atom is -0.459 e. The molecule has 15 heavy (non-hydrogen) atoms. The molecule has 1 amide bonds. The monoisotopic (exact) mass is 234 g/mol. The third kappa shape index (κ3) is 7.21. The van der Waals surface area contributed by atoms with Crippen LogP contribution in [0.3, 0.4) is 0 Å². The molecule has 5 nitrogen and oxygen atoms in total. The van der Waals surface area contributed by atoms with Crippen LogP contribution in [-0.4, -0.2) is 35.8 Å². The zero-order valence-corrected chi connectivity index (χ0v) is 10.1. The van der Waals surface area contributed by atoms with Crippen molar-refractivity contribution in [1.29, 1.82) is 0 Å². The van der Waals surface area contributed by atoms with Crippen LogP contribution in [0.25, 0.3) is 0 Å². The lowest BCUT2D eigenvalue weighted by Gasteiger charge is -2.19. The van der Waals surface area contributed by atoms with Crippen molar-refractivity contribution in [2.45, 2.75) is 32.4 Å². The molecule has 0 fully saturated rings. The number of amides is 1. The Labute approximate surface area is 95.1 Å². The van der Waals surface area contributed by atoms with Crippen molar-refractivity contribution in [2.24, 2.45) is 5.73 Å². The summed E-state index contributed by atoms with van der Waals surface area (Å²) in [6, 6.07) is -0.698. The van der Waals surface area contributed by atoms with Crippen LogP contribution in [0.1, 0.15) is 20.8 Å².